The zero-order valence-corrected chi connectivity index (χ0v) is 11.8. The summed E-state index contributed by atoms with van der Waals surface area (Å²) in [6.45, 7) is 0.698. The van der Waals surface area contributed by atoms with Crippen molar-refractivity contribution in [2.24, 2.45) is 10.9 Å². The van der Waals surface area contributed by atoms with E-state index in [2.05, 4.69) is 10.1 Å². The first-order valence-corrected chi connectivity index (χ1v) is 6.69. The van der Waals surface area contributed by atoms with Gasteiger partial charge in [0.2, 0.25) is 0 Å². The van der Waals surface area contributed by atoms with Gasteiger partial charge in [0.15, 0.2) is 5.84 Å². The molecule has 0 radical (unpaired) electrons. The Morgan fingerprint density at radius 3 is 2.95 bits per heavy atom. The topological polar surface area (TPSA) is 74.7 Å². The molecule has 0 aliphatic rings. The fourth-order valence-corrected chi connectivity index (χ4v) is 2.74. The molecular weight excluding hydrogens is 284 g/mol. The molecule has 0 aromatic carbocycles. The highest BCUT2D eigenvalue weighted by molar-refractivity contribution is 7.16. The van der Waals surface area contributed by atoms with Crippen LogP contribution in [-0.2, 0) is 6.54 Å². The highest BCUT2D eigenvalue weighted by atomic mass is 35.5. The maximum absolute atomic E-state index is 8.67. The molecule has 2 rings (SSSR count). The molecule has 0 aliphatic heterocycles. The van der Waals surface area contributed by atoms with Gasteiger partial charge < -0.3 is 15.8 Å². The van der Waals surface area contributed by atoms with E-state index < -0.39 is 0 Å². The van der Waals surface area contributed by atoms with Crippen LogP contribution >= 0.6 is 22.9 Å². The number of amidine groups is 1. The van der Waals surface area contributed by atoms with E-state index in [0.29, 0.717) is 12.1 Å². The minimum absolute atomic E-state index is 0.0659. The van der Waals surface area contributed by atoms with E-state index in [0.717, 1.165) is 15.0 Å². The van der Waals surface area contributed by atoms with Crippen molar-refractivity contribution in [2.45, 2.75) is 6.54 Å². The fraction of sp³-hybridized carbons (Fsp3) is 0.167. The summed E-state index contributed by atoms with van der Waals surface area (Å²) in [4.78, 5) is 7.38. The minimum atomic E-state index is 0.0659. The van der Waals surface area contributed by atoms with E-state index >= 15 is 0 Å². The molecule has 0 aliphatic carbocycles. The number of aromatic nitrogens is 1. The molecule has 2 aromatic rings. The summed E-state index contributed by atoms with van der Waals surface area (Å²) in [6, 6.07) is 7.31. The zero-order valence-electron chi connectivity index (χ0n) is 10.2. The van der Waals surface area contributed by atoms with Crippen molar-refractivity contribution in [1.82, 2.24) is 4.98 Å². The van der Waals surface area contributed by atoms with Gasteiger partial charge in [-0.05, 0) is 24.3 Å². The SMILES string of the molecule is CN(Cc1ccc(Cl)s1)c1cc(C(N)=NO)ccn1. The lowest BCUT2D eigenvalue weighted by molar-refractivity contribution is 0.318. The second-order valence-corrected chi connectivity index (χ2v) is 5.75. The van der Waals surface area contributed by atoms with Gasteiger partial charge in [-0.2, -0.15) is 0 Å². The molecule has 0 unspecified atom stereocenters. The zero-order chi connectivity index (χ0) is 13.8. The summed E-state index contributed by atoms with van der Waals surface area (Å²) in [5.41, 5.74) is 6.19. The van der Waals surface area contributed by atoms with Crippen molar-refractivity contribution in [2.75, 3.05) is 11.9 Å². The van der Waals surface area contributed by atoms with Crippen LogP contribution in [-0.4, -0.2) is 23.1 Å². The fourth-order valence-electron chi connectivity index (χ4n) is 1.60. The predicted octanol–water partition coefficient (Wildman–Crippen LogP) is 2.53. The third-order valence-electron chi connectivity index (χ3n) is 2.56. The normalized spacial score (nSPS) is 11.6. The quantitative estimate of drug-likeness (QED) is 0.393. The Hall–Kier alpha value is -1.79. The lowest BCUT2D eigenvalue weighted by atomic mass is 10.2. The molecule has 0 fully saturated rings. The Balaban J connectivity index is 2.17. The van der Waals surface area contributed by atoms with Crippen molar-refractivity contribution in [3.8, 4) is 0 Å². The number of anilines is 1. The Bertz CT molecular complexity index is 599. The minimum Gasteiger partial charge on any atom is -0.409 e. The lowest BCUT2D eigenvalue weighted by Gasteiger charge is -2.17. The summed E-state index contributed by atoms with van der Waals surface area (Å²) >= 11 is 7.43. The Morgan fingerprint density at radius 1 is 1.53 bits per heavy atom. The van der Waals surface area contributed by atoms with E-state index in [9.17, 15) is 0 Å². The Kier molecular flexibility index (Phi) is 4.24. The highest BCUT2D eigenvalue weighted by Gasteiger charge is 2.08. The molecular formula is C12H13ClN4OS. The molecule has 0 spiro atoms. The number of nitrogens with zero attached hydrogens (tertiary/aromatic N) is 3. The molecule has 7 heteroatoms. The van der Waals surface area contributed by atoms with Gasteiger partial charge in [-0.15, -0.1) is 11.3 Å². The molecule has 5 nitrogen and oxygen atoms in total. The van der Waals surface area contributed by atoms with Gasteiger partial charge in [-0.3, -0.25) is 0 Å². The van der Waals surface area contributed by atoms with Crippen LogP contribution in [0.3, 0.4) is 0 Å². The Labute approximate surface area is 119 Å². The number of hydrogen-bond acceptors (Lipinski definition) is 5. The molecule has 2 aromatic heterocycles. The van der Waals surface area contributed by atoms with Gasteiger partial charge in [0.05, 0.1) is 10.9 Å². The van der Waals surface area contributed by atoms with Crippen LogP contribution in [0.25, 0.3) is 0 Å². The van der Waals surface area contributed by atoms with Crippen LogP contribution in [0.4, 0.5) is 5.82 Å². The van der Waals surface area contributed by atoms with Crippen LogP contribution in [0.2, 0.25) is 4.34 Å². The van der Waals surface area contributed by atoms with Crippen molar-refractivity contribution < 1.29 is 5.21 Å². The van der Waals surface area contributed by atoms with E-state index in [1.165, 1.54) is 11.3 Å². The van der Waals surface area contributed by atoms with Gasteiger partial charge in [0, 0.05) is 23.7 Å². The van der Waals surface area contributed by atoms with Gasteiger partial charge in [0.25, 0.3) is 0 Å². The average Bonchev–Trinajstić information content (AvgIpc) is 2.83. The average molecular weight is 297 g/mol. The van der Waals surface area contributed by atoms with Crippen LogP contribution in [0, 0.1) is 0 Å². The number of pyridine rings is 1. The van der Waals surface area contributed by atoms with Crippen LogP contribution in [0.5, 0.6) is 0 Å². The third kappa shape index (κ3) is 3.36. The summed E-state index contributed by atoms with van der Waals surface area (Å²) < 4.78 is 0.766. The second kappa shape index (κ2) is 5.90. The summed E-state index contributed by atoms with van der Waals surface area (Å²) in [5, 5.41) is 11.7. The van der Waals surface area contributed by atoms with Gasteiger partial charge in [-0.25, -0.2) is 4.98 Å². The van der Waals surface area contributed by atoms with Crippen molar-refractivity contribution >= 4 is 34.6 Å². The molecule has 0 atom stereocenters. The predicted molar refractivity (Wildman–Crippen MR) is 78.2 cm³/mol. The maximum atomic E-state index is 8.67. The van der Waals surface area contributed by atoms with E-state index in [1.807, 2.05) is 24.1 Å². The first kappa shape index (κ1) is 13.6. The first-order valence-electron chi connectivity index (χ1n) is 5.49. The van der Waals surface area contributed by atoms with Crippen molar-refractivity contribution in [1.29, 1.82) is 0 Å². The van der Waals surface area contributed by atoms with Crippen molar-refractivity contribution in [3.05, 3.63) is 45.2 Å². The van der Waals surface area contributed by atoms with Crippen LogP contribution in [0.1, 0.15) is 10.4 Å². The molecule has 0 saturated carbocycles. The van der Waals surface area contributed by atoms with Gasteiger partial charge >= 0.3 is 0 Å². The monoisotopic (exact) mass is 296 g/mol. The molecule has 0 bridgehead atoms. The number of nitrogens with two attached hydrogens (primary N) is 1. The molecule has 2 heterocycles. The number of halogens is 1. The number of hydrogen-bond donors (Lipinski definition) is 2. The largest absolute Gasteiger partial charge is 0.409 e. The molecule has 19 heavy (non-hydrogen) atoms. The van der Waals surface area contributed by atoms with Gasteiger partial charge in [0.1, 0.15) is 5.82 Å². The first-order chi connectivity index (χ1) is 9.10. The summed E-state index contributed by atoms with van der Waals surface area (Å²) in [7, 11) is 1.92. The second-order valence-electron chi connectivity index (χ2n) is 3.95. The summed E-state index contributed by atoms with van der Waals surface area (Å²) in [5.74, 6) is 0.810. The van der Waals surface area contributed by atoms with Crippen LogP contribution in [0.15, 0.2) is 35.6 Å². The van der Waals surface area contributed by atoms with Crippen molar-refractivity contribution in [3.63, 3.8) is 0 Å². The molecule has 0 amide bonds. The summed E-state index contributed by atoms with van der Waals surface area (Å²) in [6.07, 6.45) is 1.63. The third-order valence-corrected chi connectivity index (χ3v) is 3.78. The highest BCUT2D eigenvalue weighted by Crippen LogP contribution is 2.23. The van der Waals surface area contributed by atoms with E-state index in [1.54, 1.807) is 18.3 Å². The number of oxime groups is 1. The maximum Gasteiger partial charge on any atom is 0.170 e. The molecule has 3 N–H and O–H groups in total. The Morgan fingerprint density at radius 2 is 2.32 bits per heavy atom. The lowest BCUT2D eigenvalue weighted by Crippen LogP contribution is -2.19. The van der Waals surface area contributed by atoms with E-state index in [4.69, 9.17) is 22.5 Å². The van der Waals surface area contributed by atoms with Gasteiger partial charge in [-0.1, -0.05) is 16.8 Å². The number of thiophene rings is 1. The standard InChI is InChI=1S/C12H13ClN4OS/c1-17(7-9-2-3-10(13)19-9)11-6-8(4-5-15-11)12(14)16-18/h2-6,18H,7H2,1H3,(H2,14,16). The number of rotatable bonds is 4. The molecule has 100 valence electrons. The van der Waals surface area contributed by atoms with Crippen LogP contribution < -0.4 is 10.6 Å². The smallest absolute Gasteiger partial charge is 0.170 e. The molecule has 0 saturated heterocycles. The van der Waals surface area contributed by atoms with E-state index in [-0.39, 0.29) is 5.84 Å².